The molecule has 9 nitrogen and oxygen atoms in total. The molecule has 0 fully saturated rings. The Morgan fingerprint density at radius 3 is 1.36 bits per heavy atom. The summed E-state index contributed by atoms with van der Waals surface area (Å²) in [5.41, 5.74) is -0.142. The molecule has 3 aromatic carbocycles. The summed E-state index contributed by atoms with van der Waals surface area (Å²) in [7, 11) is 2.81. The van der Waals surface area contributed by atoms with Crippen LogP contribution in [-0.4, -0.2) is 50.3 Å². The highest BCUT2D eigenvalue weighted by Crippen LogP contribution is 2.55. The quantitative estimate of drug-likeness (QED) is 0.133. The largest absolute Gasteiger partial charge is 0.497 e. The normalized spacial score (nSPS) is 12.7. The van der Waals surface area contributed by atoms with E-state index in [1.54, 1.807) is 0 Å². The molecule has 0 bridgehead atoms. The zero-order valence-electron chi connectivity index (χ0n) is 25.3. The third-order valence-corrected chi connectivity index (χ3v) is 6.26. The van der Waals surface area contributed by atoms with E-state index in [9.17, 15) is 57.9 Å². The van der Waals surface area contributed by atoms with E-state index in [4.69, 9.17) is 18.9 Å². The summed E-state index contributed by atoms with van der Waals surface area (Å²) < 4.78 is 171. The number of hydrogen-bond acceptors (Lipinski definition) is 7. The molecular formula is C30H23F11N2O7. The number of carbonyl (C=O) groups excluding carboxylic acids is 2. The van der Waals surface area contributed by atoms with E-state index in [0.29, 0.717) is 34.8 Å². The number of halogens is 11. The van der Waals surface area contributed by atoms with Crippen molar-refractivity contribution in [1.82, 2.24) is 0 Å². The van der Waals surface area contributed by atoms with Gasteiger partial charge in [-0.3, -0.25) is 10.6 Å². The minimum absolute atomic E-state index is 0.344. The van der Waals surface area contributed by atoms with Crippen molar-refractivity contribution in [3.05, 3.63) is 89.7 Å². The Kier molecular flexibility index (Phi) is 12.0. The third kappa shape index (κ3) is 9.17. The molecule has 0 atom stereocenters. The van der Waals surface area contributed by atoms with Crippen LogP contribution in [0.3, 0.4) is 0 Å². The molecule has 272 valence electrons. The first-order valence-corrected chi connectivity index (χ1v) is 13.4. The number of benzene rings is 3. The van der Waals surface area contributed by atoms with Crippen LogP contribution in [0, 0.1) is 0 Å². The molecule has 20 heteroatoms. The zero-order valence-corrected chi connectivity index (χ0v) is 25.3. The number of anilines is 2. The SMILES string of the molecule is COc1ccc(COC(=O)Nc2cc(NC(=O)OCc3ccc(OC)cc3)cc(OC(F)=C(F)C(F)(F)C(F)(F)C(F)(F)C(F)(F)F)c2)cc1. The lowest BCUT2D eigenvalue weighted by atomic mass is 10.0. The second-order valence-electron chi connectivity index (χ2n) is 9.76. The highest BCUT2D eigenvalue weighted by molar-refractivity contribution is 5.89. The average Bonchev–Trinajstić information content (AvgIpc) is 3.05. The molecule has 2 amide bonds. The van der Waals surface area contributed by atoms with Crippen LogP contribution in [0.5, 0.6) is 17.2 Å². The van der Waals surface area contributed by atoms with Gasteiger partial charge in [-0.05, 0) is 41.5 Å². The monoisotopic (exact) mass is 732 g/mol. The van der Waals surface area contributed by atoms with Gasteiger partial charge in [0.05, 0.1) is 14.2 Å². The van der Waals surface area contributed by atoms with Gasteiger partial charge >= 0.3 is 42.1 Å². The van der Waals surface area contributed by atoms with E-state index in [0.717, 1.165) is 6.07 Å². The van der Waals surface area contributed by atoms with Crippen molar-refractivity contribution in [1.29, 1.82) is 0 Å². The first kappa shape index (κ1) is 39.0. The number of amides is 2. The topological polar surface area (TPSA) is 104 Å². The van der Waals surface area contributed by atoms with Crippen LogP contribution in [0.1, 0.15) is 11.1 Å². The number of allylic oxidation sites excluding steroid dienone is 1. The Labute approximate surface area is 274 Å². The molecule has 2 N–H and O–H groups in total. The van der Waals surface area contributed by atoms with Crippen molar-refractivity contribution >= 4 is 23.6 Å². The standard InChI is InChI=1S/C30H23F11N2O7/c1-46-20-7-3-16(4-8-20)14-48-25(44)42-18-11-19(43-26(45)49-15-17-5-9-21(47-2)10-6-17)13-22(12-18)50-24(32)23(31)27(33,34)28(35,36)29(37,38)30(39,40)41/h3-13H,14-15H2,1-2H3,(H,42,44)(H,43,45). The fourth-order valence-electron chi connectivity index (χ4n) is 3.64. The molecule has 0 aliphatic carbocycles. The number of methoxy groups -OCH3 is 2. The van der Waals surface area contributed by atoms with Gasteiger partial charge < -0.3 is 23.7 Å². The van der Waals surface area contributed by atoms with E-state index in [1.807, 2.05) is 0 Å². The lowest BCUT2D eigenvalue weighted by Gasteiger charge is -2.32. The molecule has 0 unspecified atom stereocenters. The number of nitrogens with one attached hydrogen (secondary N) is 2. The predicted molar refractivity (Wildman–Crippen MR) is 151 cm³/mol. The van der Waals surface area contributed by atoms with Crippen LogP contribution < -0.4 is 24.8 Å². The summed E-state index contributed by atoms with van der Waals surface area (Å²) in [6.45, 7) is -0.688. The van der Waals surface area contributed by atoms with E-state index in [-0.39, 0.29) is 13.2 Å². The van der Waals surface area contributed by atoms with E-state index in [1.165, 1.54) is 62.8 Å². The molecule has 0 heterocycles. The minimum atomic E-state index is -7.54. The van der Waals surface area contributed by atoms with Crippen LogP contribution >= 0.6 is 0 Å². The van der Waals surface area contributed by atoms with E-state index >= 15 is 0 Å². The maximum atomic E-state index is 14.4. The lowest BCUT2D eigenvalue weighted by Crippen LogP contribution is -2.61. The summed E-state index contributed by atoms with van der Waals surface area (Å²) in [5, 5.41) is 4.11. The van der Waals surface area contributed by atoms with Gasteiger partial charge in [0.1, 0.15) is 30.5 Å². The van der Waals surface area contributed by atoms with Crippen molar-refractivity contribution in [2.45, 2.75) is 37.2 Å². The smallest absolute Gasteiger partial charge is 0.460 e. The first-order chi connectivity index (χ1) is 23.2. The molecule has 0 aromatic heterocycles. The summed E-state index contributed by atoms with van der Waals surface area (Å²) in [6, 6.07) is 10.8. The molecule has 0 saturated carbocycles. The summed E-state index contributed by atoms with van der Waals surface area (Å²) in [5.74, 6) is -26.5. The Morgan fingerprint density at radius 2 is 1.00 bits per heavy atom. The maximum Gasteiger partial charge on any atom is 0.460 e. The van der Waals surface area contributed by atoms with Gasteiger partial charge in [0.15, 0.2) is 0 Å². The fourth-order valence-corrected chi connectivity index (χ4v) is 3.64. The van der Waals surface area contributed by atoms with Crippen LogP contribution in [0.25, 0.3) is 0 Å². The van der Waals surface area contributed by atoms with Crippen molar-refractivity contribution in [3.8, 4) is 17.2 Å². The second-order valence-corrected chi connectivity index (χ2v) is 9.76. The molecule has 0 aliphatic rings. The highest BCUT2D eigenvalue weighted by Gasteiger charge is 2.83. The molecular weight excluding hydrogens is 709 g/mol. The van der Waals surface area contributed by atoms with Crippen molar-refractivity contribution in [2.24, 2.45) is 0 Å². The molecule has 0 radical (unpaired) electrons. The zero-order chi connectivity index (χ0) is 37.5. The molecule has 0 spiro atoms. The number of alkyl halides is 9. The van der Waals surface area contributed by atoms with Gasteiger partial charge in [-0.2, -0.15) is 48.3 Å². The molecule has 3 aromatic rings. The van der Waals surface area contributed by atoms with Gasteiger partial charge in [-0.25, -0.2) is 9.59 Å². The molecule has 50 heavy (non-hydrogen) atoms. The van der Waals surface area contributed by atoms with Crippen LogP contribution in [0.4, 0.5) is 69.3 Å². The second kappa shape index (κ2) is 15.4. The number of carbonyl (C=O) groups is 2. The van der Waals surface area contributed by atoms with Gasteiger partial charge in [-0.1, -0.05) is 24.3 Å². The fraction of sp³-hybridized carbons (Fsp3) is 0.267. The summed E-state index contributed by atoms with van der Waals surface area (Å²) in [6.07, 6.45) is -9.79. The van der Waals surface area contributed by atoms with E-state index < -0.39 is 65.1 Å². The maximum absolute atomic E-state index is 14.4. The van der Waals surface area contributed by atoms with Gasteiger partial charge in [0.2, 0.25) is 5.83 Å². The van der Waals surface area contributed by atoms with Crippen LogP contribution in [-0.2, 0) is 22.7 Å². The van der Waals surface area contributed by atoms with Crippen LogP contribution in [0.15, 0.2) is 78.6 Å². The minimum Gasteiger partial charge on any atom is -0.497 e. The predicted octanol–water partition coefficient (Wildman–Crippen LogP) is 9.16. The number of rotatable bonds is 13. The lowest BCUT2D eigenvalue weighted by molar-refractivity contribution is -0.392. The summed E-state index contributed by atoms with van der Waals surface area (Å²) >= 11 is 0. The van der Waals surface area contributed by atoms with Gasteiger partial charge in [0.25, 0.3) is 0 Å². The summed E-state index contributed by atoms with van der Waals surface area (Å²) in [4.78, 5) is 24.8. The molecule has 3 rings (SSSR count). The Morgan fingerprint density at radius 1 is 0.600 bits per heavy atom. The van der Waals surface area contributed by atoms with Crippen molar-refractivity contribution < 1.29 is 81.6 Å². The van der Waals surface area contributed by atoms with Gasteiger partial charge in [-0.15, -0.1) is 0 Å². The Balaban J connectivity index is 1.87. The number of ether oxygens (including phenoxy) is 5. The van der Waals surface area contributed by atoms with Crippen molar-refractivity contribution in [2.75, 3.05) is 24.9 Å². The first-order valence-electron chi connectivity index (χ1n) is 13.4. The average molecular weight is 732 g/mol. The third-order valence-electron chi connectivity index (χ3n) is 6.26. The molecule has 0 saturated heterocycles. The molecule has 0 aliphatic heterocycles. The highest BCUT2D eigenvalue weighted by atomic mass is 19.4. The van der Waals surface area contributed by atoms with E-state index in [2.05, 4.69) is 15.4 Å². The Hall–Kier alpha value is -5.43. The van der Waals surface area contributed by atoms with Crippen LogP contribution in [0.2, 0.25) is 0 Å². The number of hydrogen-bond donors (Lipinski definition) is 2. The van der Waals surface area contributed by atoms with Gasteiger partial charge in [0, 0.05) is 23.5 Å². The Bertz CT molecular complexity index is 1600. The van der Waals surface area contributed by atoms with Crippen molar-refractivity contribution in [3.63, 3.8) is 0 Å².